The summed E-state index contributed by atoms with van der Waals surface area (Å²) in [7, 11) is 0. The monoisotopic (exact) mass is 120 g/mol. The smallest absolute Gasteiger partial charge is 0.0710 e. The summed E-state index contributed by atoms with van der Waals surface area (Å²) in [5.74, 6) is 0. The third kappa shape index (κ3) is 8.83. The van der Waals surface area contributed by atoms with Gasteiger partial charge in [0, 0.05) is 21.7 Å². The van der Waals surface area contributed by atoms with Crippen molar-refractivity contribution in [1.29, 1.82) is 0 Å². The first kappa shape index (κ1) is 9.62. The zero-order valence-corrected chi connectivity index (χ0v) is 5.08. The van der Waals surface area contributed by atoms with Crippen LogP contribution in [0, 0.1) is 0 Å². The van der Waals surface area contributed by atoms with Crippen LogP contribution in [0.15, 0.2) is 12.7 Å². The van der Waals surface area contributed by atoms with Crippen LogP contribution in [-0.2, 0) is 21.7 Å². The van der Waals surface area contributed by atoms with Crippen LogP contribution in [0.1, 0.15) is 0 Å². The fourth-order valence-electron chi connectivity index (χ4n) is 0. The topological polar surface area (TPSA) is 52.0 Å². The van der Waals surface area contributed by atoms with E-state index >= 15 is 0 Å². The predicted molar refractivity (Wildman–Crippen MR) is 22.4 cm³/mol. The summed E-state index contributed by atoms with van der Waals surface area (Å²) in [6, 6.07) is 0. The minimum atomic E-state index is -0.352. The van der Waals surface area contributed by atoms with Crippen molar-refractivity contribution in [3.8, 4) is 0 Å². The fourth-order valence-corrected chi connectivity index (χ4v) is 0. The van der Waals surface area contributed by atoms with Crippen molar-refractivity contribution < 1.29 is 21.7 Å². The Balaban J connectivity index is 0. The van der Waals surface area contributed by atoms with Crippen LogP contribution in [0.3, 0.4) is 0 Å². The Labute approximate surface area is 52.5 Å². The zero-order chi connectivity index (χ0) is 4.28. The Morgan fingerprint density at radius 1 is 1.50 bits per heavy atom. The first-order valence-corrected chi connectivity index (χ1v) is 1.41. The first-order valence-electron chi connectivity index (χ1n) is 1.41. The van der Waals surface area contributed by atoms with Crippen LogP contribution >= 0.6 is 0 Å². The summed E-state index contributed by atoms with van der Waals surface area (Å²) in [5.41, 5.74) is 9.90. The van der Waals surface area contributed by atoms with E-state index in [1.165, 1.54) is 6.08 Å². The maximum Gasteiger partial charge on any atom is 0.0710 e. The Hall–Kier alpha value is 0.374. The second kappa shape index (κ2) is 5.37. The molecule has 0 aliphatic heterocycles. The Morgan fingerprint density at radius 2 is 1.67 bits per heavy atom. The standard InChI is InChI=1S/C3H8N2.Ti/c1-2-3(4)5;/h2-3H,1,4-5H2;. The Kier molecular flexibility index (Phi) is 8.62. The number of hydrogen-bond acceptors (Lipinski definition) is 2. The molecule has 0 unspecified atom stereocenters. The summed E-state index contributed by atoms with van der Waals surface area (Å²) >= 11 is 0. The van der Waals surface area contributed by atoms with E-state index in [1.807, 2.05) is 0 Å². The molecule has 0 atom stereocenters. The van der Waals surface area contributed by atoms with Gasteiger partial charge in [-0.3, -0.25) is 0 Å². The molecule has 0 fully saturated rings. The van der Waals surface area contributed by atoms with Crippen molar-refractivity contribution in [2.24, 2.45) is 11.5 Å². The summed E-state index contributed by atoms with van der Waals surface area (Å²) < 4.78 is 0. The van der Waals surface area contributed by atoms with E-state index in [9.17, 15) is 0 Å². The van der Waals surface area contributed by atoms with Crippen molar-refractivity contribution in [1.82, 2.24) is 0 Å². The van der Waals surface area contributed by atoms with Crippen LogP contribution in [0.5, 0.6) is 0 Å². The van der Waals surface area contributed by atoms with Gasteiger partial charge in [0.15, 0.2) is 0 Å². The van der Waals surface area contributed by atoms with E-state index in [-0.39, 0.29) is 27.9 Å². The van der Waals surface area contributed by atoms with Gasteiger partial charge in [0.25, 0.3) is 0 Å². The molecule has 0 heterocycles. The zero-order valence-electron chi connectivity index (χ0n) is 3.52. The molecule has 2 nitrogen and oxygen atoms in total. The summed E-state index contributed by atoms with van der Waals surface area (Å²) in [4.78, 5) is 0. The third-order valence-electron chi connectivity index (χ3n) is 0.272. The minimum absolute atomic E-state index is 0. The van der Waals surface area contributed by atoms with Gasteiger partial charge in [-0.05, 0) is 0 Å². The SMILES string of the molecule is C=CC(N)N.[Ti]. The van der Waals surface area contributed by atoms with Gasteiger partial charge in [0.05, 0.1) is 6.17 Å². The summed E-state index contributed by atoms with van der Waals surface area (Å²) in [6.07, 6.45) is 1.12. The summed E-state index contributed by atoms with van der Waals surface area (Å²) in [5, 5.41) is 0. The number of hydrogen-bond donors (Lipinski definition) is 2. The molecule has 0 aromatic carbocycles. The van der Waals surface area contributed by atoms with Crippen LogP contribution in [-0.4, -0.2) is 6.17 Å². The second-order valence-electron chi connectivity index (χ2n) is 0.813. The van der Waals surface area contributed by atoms with Crippen LogP contribution in [0.4, 0.5) is 0 Å². The predicted octanol–water partition coefficient (Wildman–Crippen LogP) is -0.587. The Bertz CT molecular complexity index is 35.8. The van der Waals surface area contributed by atoms with Crippen LogP contribution < -0.4 is 11.5 Å². The third-order valence-corrected chi connectivity index (χ3v) is 0.272. The molecule has 0 aliphatic carbocycles. The molecular formula is C3H8N2Ti. The maximum atomic E-state index is 4.95. The van der Waals surface area contributed by atoms with Crippen molar-refractivity contribution in [2.45, 2.75) is 6.17 Å². The van der Waals surface area contributed by atoms with Crippen LogP contribution in [0.2, 0.25) is 0 Å². The number of nitrogens with two attached hydrogens (primary N) is 2. The molecule has 0 aliphatic rings. The molecule has 34 valence electrons. The normalized spacial score (nSPS) is 7.17. The van der Waals surface area contributed by atoms with Crippen molar-refractivity contribution in [3.63, 3.8) is 0 Å². The second-order valence-corrected chi connectivity index (χ2v) is 0.813. The molecule has 0 amide bonds. The number of rotatable bonds is 1. The molecule has 0 radical (unpaired) electrons. The van der Waals surface area contributed by atoms with Gasteiger partial charge in [0.1, 0.15) is 0 Å². The molecule has 4 N–H and O–H groups in total. The Morgan fingerprint density at radius 3 is 1.67 bits per heavy atom. The van der Waals surface area contributed by atoms with Gasteiger partial charge in [0.2, 0.25) is 0 Å². The van der Waals surface area contributed by atoms with E-state index in [4.69, 9.17) is 11.5 Å². The average Bonchev–Trinajstić information content (AvgIpc) is 1.38. The van der Waals surface area contributed by atoms with Gasteiger partial charge in [-0.2, -0.15) is 0 Å². The first-order chi connectivity index (χ1) is 2.27. The minimum Gasteiger partial charge on any atom is -0.313 e. The molecule has 6 heavy (non-hydrogen) atoms. The van der Waals surface area contributed by atoms with Gasteiger partial charge in [-0.25, -0.2) is 0 Å². The molecule has 0 rings (SSSR count). The molecule has 0 bridgehead atoms. The molecule has 3 heteroatoms. The van der Waals surface area contributed by atoms with Gasteiger partial charge >= 0.3 is 0 Å². The molecule has 0 aromatic rings. The molecule has 0 saturated carbocycles. The van der Waals surface area contributed by atoms with Gasteiger partial charge < -0.3 is 11.5 Å². The van der Waals surface area contributed by atoms with Crippen molar-refractivity contribution in [2.75, 3.05) is 0 Å². The maximum absolute atomic E-state index is 4.95. The quantitative estimate of drug-likeness (QED) is 0.276. The fraction of sp³-hybridized carbons (Fsp3) is 0.333. The van der Waals surface area contributed by atoms with Gasteiger partial charge in [-0.1, -0.05) is 6.08 Å². The molecule has 0 saturated heterocycles. The van der Waals surface area contributed by atoms with Crippen LogP contribution in [0.25, 0.3) is 0 Å². The summed E-state index contributed by atoms with van der Waals surface area (Å²) in [6.45, 7) is 3.31. The van der Waals surface area contributed by atoms with E-state index in [2.05, 4.69) is 6.58 Å². The molecule has 0 spiro atoms. The van der Waals surface area contributed by atoms with E-state index < -0.39 is 0 Å². The van der Waals surface area contributed by atoms with E-state index in [1.54, 1.807) is 0 Å². The van der Waals surface area contributed by atoms with Crippen molar-refractivity contribution in [3.05, 3.63) is 12.7 Å². The average molecular weight is 120 g/mol. The van der Waals surface area contributed by atoms with Gasteiger partial charge in [-0.15, -0.1) is 6.58 Å². The molecular weight excluding hydrogens is 112 g/mol. The van der Waals surface area contributed by atoms with Crippen molar-refractivity contribution >= 4 is 0 Å². The largest absolute Gasteiger partial charge is 0.313 e. The van der Waals surface area contributed by atoms with E-state index in [0.29, 0.717) is 0 Å². The van der Waals surface area contributed by atoms with E-state index in [0.717, 1.165) is 0 Å². The molecule has 0 aromatic heterocycles.